The standard InChI is InChI=1S/C24H41N5O4S/c1-4-26-16-18-27(19-17-26)15-13-25-24(30)21-8-7-14-28(20-21)34(31,32)29(5-2)22-9-11-23(12-10-22)33-6-3/h9-12,21H,4-8,13-20H2,1-3H3,(H,25,30)/t21-/m1/s1. The van der Waals surface area contributed by atoms with E-state index in [1.54, 1.807) is 24.3 Å². The van der Waals surface area contributed by atoms with Crippen LogP contribution < -0.4 is 14.4 Å². The number of hydrogen-bond donors (Lipinski definition) is 1. The largest absolute Gasteiger partial charge is 0.494 e. The first-order chi connectivity index (χ1) is 16.4. The van der Waals surface area contributed by atoms with Crippen LogP contribution in [0.2, 0.25) is 0 Å². The average molecular weight is 496 g/mol. The van der Waals surface area contributed by atoms with Gasteiger partial charge in [0.15, 0.2) is 0 Å². The second-order valence-corrected chi connectivity index (χ2v) is 10.7. The Hall–Kier alpha value is -1.88. The highest BCUT2D eigenvalue weighted by atomic mass is 32.2. The Bertz CT molecular complexity index is 872. The van der Waals surface area contributed by atoms with Crippen molar-refractivity contribution in [3.05, 3.63) is 24.3 Å². The molecule has 2 aliphatic heterocycles. The van der Waals surface area contributed by atoms with E-state index in [0.717, 1.165) is 39.3 Å². The van der Waals surface area contributed by atoms with Gasteiger partial charge in [0.2, 0.25) is 5.91 Å². The van der Waals surface area contributed by atoms with Crippen molar-refractivity contribution in [3.63, 3.8) is 0 Å². The number of nitrogens with zero attached hydrogens (tertiary/aromatic N) is 4. The SMILES string of the molecule is CCOc1ccc(N(CC)S(=O)(=O)N2CCC[C@@H](C(=O)NCCN3CCN(CC)CC3)C2)cc1. The summed E-state index contributed by atoms with van der Waals surface area (Å²) >= 11 is 0. The number of ether oxygens (including phenoxy) is 1. The van der Waals surface area contributed by atoms with E-state index in [1.807, 2.05) is 13.8 Å². The molecular weight excluding hydrogens is 454 g/mol. The summed E-state index contributed by atoms with van der Waals surface area (Å²) in [6.07, 6.45) is 1.39. The second-order valence-electron chi connectivity index (χ2n) is 8.86. The number of amides is 1. The highest BCUT2D eigenvalue weighted by Crippen LogP contribution is 2.27. The van der Waals surface area contributed by atoms with Crippen molar-refractivity contribution in [1.29, 1.82) is 0 Å². The van der Waals surface area contributed by atoms with Gasteiger partial charge < -0.3 is 15.0 Å². The molecule has 1 atom stereocenters. The van der Waals surface area contributed by atoms with Crippen molar-refractivity contribution in [2.45, 2.75) is 33.6 Å². The summed E-state index contributed by atoms with van der Waals surface area (Å²) in [6.45, 7) is 14.1. The summed E-state index contributed by atoms with van der Waals surface area (Å²) in [5, 5.41) is 3.05. The fourth-order valence-electron chi connectivity index (χ4n) is 4.67. The normalized spacial score (nSPS) is 20.7. The first-order valence-electron chi connectivity index (χ1n) is 12.6. The number of nitrogens with one attached hydrogen (secondary N) is 1. The van der Waals surface area contributed by atoms with Crippen LogP contribution in [0.4, 0.5) is 5.69 Å². The molecule has 0 aliphatic carbocycles. The fourth-order valence-corrected chi connectivity index (χ4v) is 6.39. The van der Waals surface area contributed by atoms with Crippen molar-refractivity contribution < 1.29 is 17.9 Å². The van der Waals surface area contributed by atoms with Crippen LogP contribution in [0.25, 0.3) is 0 Å². The van der Waals surface area contributed by atoms with E-state index >= 15 is 0 Å². The van der Waals surface area contributed by atoms with Gasteiger partial charge in [0.25, 0.3) is 0 Å². The van der Waals surface area contributed by atoms with Gasteiger partial charge in [-0.25, -0.2) is 0 Å². The van der Waals surface area contributed by atoms with Crippen molar-refractivity contribution in [1.82, 2.24) is 19.4 Å². The number of carbonyl (C=O) groups is 1. The summed E-state index contributed by atoms with van der Waals surface area (Å²) in [6, 6.07) is 7.10. The first kappa shape index (κ1) is 26.7. The van der Waals surface area contributed by atoms with Crippen LogP contribution in [-0.2, 0) is 15.0 Å². The fraction of sp³-hybridized carbons (Fsp3) is 0.708. The number of hydrogen-bond acceptors (Lipinski definition) is 6. The minimum atomic E-state index is -3.73. The van der Waals surface area contributed by atoms with E-state index in [2.05, 4.69) is 22.0 Å². The number of anilines is 1. The summed E-state index contributed by atoms with van der Waals surface area (Å²) in [5.74, 6) is 0.345. The Morgan fingerprint density at radius 2 is 1.74 bits per heavy atom. The number of likely N-dealkylation sites (N-methyl/N-ethyl adjacent to an activating group) is 1. The second kappa shape index (κ2) is 12.7. The monoisotopic (exact) mass is 495 g/mol. The molecule has 2 fully saturated rings. The third-order valence-corrected chi connectivity index (χ3v) is 8.73. The van der Waals surface area contributed by atoms with Gasteiger partial charge in [-0.05, 0) is 57.5 Å². The van der Waals surface area contributed by atoms with Gasteiger partial charge in [-0.1, -0.05) is 6.92 Å². The maximum atomic E-state index is 13.4. The van der Waals surface area contributed by atoms with E-state index < -0.39 is 10.2 Å². The first-order valence-corrected chi connectivity index (χ1v) is 14.0. The van der Waals surface area contributed by atoms with E-state index in [4.69, 9.17) is 4.74 Å². The summed E-state index contributed by atoms with van der Waals surface area (Å²) in [5.41, 5.74) is 0.598. The molecule has 1 amide bonds. The Balaban J connectivity index is 1.54. The molecule has 2 aliphatic rings. The Labute approximate surface area is 205 Å². The molecule has 0 aromatic heterocycles. The molecule has 1 N–H and O–H groups in total. The van der Waals surface area contributed by atoms with E-state index in [9.17, 15) is 13.2 Å². The molecule has 9 nitrogen and oxygen atoms in total. The average Bonchev–Trinajstić information content (AvgIpc) is 2.86. The number of carbonyl (C=O) groups excluding carboxylic acids is 1. The summed E-state index contributed by atoms with van der Waals surface area (Å²) in [4.78, 5) is 17.6. The van der Waals surface area contributed by atoms with Gasteiger partial charge in [0.05, 0.1) is 18.2 Å². The van der Waals surface area contributed by atoms with Crippen LogP contribution >= 0.6 is 0 Å². The molecule has 0 bridgehead atoms. The van der Waals surface area contributed by atoms with Crippen LogP contribution in [0.15, 0.2) is 24.3 Å². The van der Waals surface area contributed by atoms with Gasteiger partial charge in [0, 0.05) is 58.9 Å². The smallest absolute Gasteiger partial charge is 0.304 e. The van der Waals surface area contributed by atoms with Gasteiger partial charge in [-0.2, -0.15) is 12.7 Å². The molecule has 34 heavy (non-hydrogen) atoms. The third-order valence-electron chi connectivity index (χ3n) is 6.72. The zero-order chi connectivity index (χ0) is 24.6. The number of rotatable bonds is 11. The summed E-state index contributed by atoms with van der Waals surface area (Å²) in [7, 11) is -3.73. The summed E-state index contributed by atoms with van der Waals surface area (Å²) < 4.78 is 35.2. The third kappa shape index (κ3) is 6.84. The quantitative estimate of drug-likeness (QED) is 0.502. The topological polar surface area (TPSA) is 85.4 Å². The van der Waals surface area contributed by atoms with Gasteiger partial charge in [-0.15, -0.1) is 0 Å². The Morgan fingerprint density at radius 3 is 2.35 bits per heavy atom. The maximum absolute atomic E-state index is 13.4. The van der Waals surface area contributed by atoms with Gasteiger partial charge in [0.1, 0.15) is 5.75 Å². The lowest BCUT2D eigenvalue weighted by Gasteiger charge is -2.36. The molecule has 0 spiro atoms. The minimum Gasteiger partial charge on any atom is -0.494 e. The zero-order valence-corrected chi connectivity index (χ0v) is 21.7. The lowest BCUT2D eigenvalue weighted by Crippen LogP contribution is -2.51. The van der Waals surface area contributed by atoms with Crippen LogP contribution in [0.3, 0.4) is 0 Å². The minimum absolute atomic E-state index is 0.0452. The van der Waals surface area contributed by atoms with Crippen molar-refractivity contribution in [3.8, 4) is 5.75 Å². The molecule has 192 valence electrons. The number of piperazine rings is 1. The van der Waals surface area contributed by atoms with Crippen LogP contribution in [0.5, 0.6) is 5.75 Å². The lowest BCUT2D eigenvalue weighted by atomic mass is 9.99. The number of piperidine rings is 1. The molecule has 1 aromatic carbocycles. The molecule has 2 heterocycles. The van der Waals surface area contributed by atoms with E-state index in [1.165, 1.54) is 8.61 Å². The predicted octanol–water partition coefficient (Wildman–Crippen LogP) is 1.62. The van der Waals surface area contributed by atoms with Gasteiger partial charge in [-0.3, -0.25) is 14.0 Å². The lowest BCUT2D eigenvalue weighted by molar-refractivity contribution is -0.126. The van der Waals surface area contributed by atoms with Crippen molar-refractivity contribution in [2.24, 2.45) is 5.92 Å². The molecule has 0 radical (unpaired) electrons. The molecule has 1 aromatic rings. The highest BCUT2D eigenvalue weighted by molar-refractivity contribution is 7.90. The van der Waals surface area contributed by atoms with Crippen LogP contribution in [-0.4, -0.2) is 100 Å². The molecule has 10 heteroatoms. The Kier molecular flexibility index (Phi) is 9.99. The van der Waals surface area contributed by atoms with Gasteiger partial charge >= 0.3 is 10.2 Å². The molecule has 3 rings (SSSR count). The van der Waals surface area contributed by atoms with Crippen LogP contribution in [0, 0.1) is 5.92 Å². The van der Waals surface area contributed by atoms with Crippen molar-refractivity contribution >= 4 is 21.8 Å². The highest BCUT2D eigenvalue weighted by Gasteiger charge is 2.35. The molecular formula is C24H41N5O4S. The Morgan fingerprint density at radius 1 is 1.06 bits per heavy atom. The maximum Gasteiger partial charge on any atom is 0.304 e. The van der Waals surface area contributed by atoms with Crippen LogP contribution in [0.1, 0.15) is 33.6 Å². The molecule has 0 saturated carbocycles. The van der Waals surface area contributed by atoms with Crippen molar-refractivity contribution in [2.75, 3.05) is 76.4 Å². The number of benzene rings is 1. The predicted molar refractivity (Wildman–Crippen MR) is 135 cm³/mol. The van der Waals surface area contributed by atoms with E-state index in [0.29, 0.717) is 50.5 Å². The zero-order valence-electron chi connectivity index (χ0n) is 20.9. The molecule has 2 saturated heterocycles. The molecule has 0 unspecified atom stereocenters. The van der Waals surface area contributed by atoms with E-state index in [-0.39, 0.29) is 18.4 Å².